The van der Waals surface area contributed by atoms with Gasteiger partial charge in [-0.25, -0.2) is 0 Å². The molecule has 0 rings (SSSR count). The molecule has 0 aliphatic rings. The molecule has 0 aromatic rings. The average Bonchev–Trinajstić information content (AvgIpc) is 1.81. The third-order valence-corrected chi connectivity index (χ3v) is 3.34. The van der Waals surface area contributed by atoms with Crippen molar-refractivity contribution in [3.05, 3.63) is 0 Å². The summed E-state index contributed by atoms with van der Waals surface area (Å²) in [7, 11) is 0. The van der Waals surface area contributed by atoms with Gasteiger partial charge in [-0.05, 0) is 0 Å². The predicted molar refractivity (Wildman–Crippen MR) is 26.7 cm³/mol. The fourth-order valence-electron chi connectivity index (χ4n) is 0.444. The molecule has 0 bridgehead atoms. The molecule has 0 amide bonds. The van der Waals surface area contributed by atoms with Crippen molar-refractivity contribution in [3.8, 4) is 0 Å². The van der Waals surface area contributed by atoms with Gasteiger partial charge in [0.15, 0.2) is 0 Å². The van der Waals surface area contributed by atoms with Crippen LogP contribution in [0, 0.1) is 0 Å². The summed E-state index contributed by atoms with van der Waals surface area (Å²) in [4.78, 5) is 0. The van der Waals surface area contributed by atoms with Crippen LogP contribution in [-0.4, -0.2) is 67.0 Å². The van der Waals surface area contributed by atoms with Crippen molar-refractivity contribution < 1.29 is 39.5 Å². The van der Waals surface area contributed by atoms with Crippen LogP contribution in [-0.2, 0) is 0 Å². The molecule has 0 nitrogen and oxygen atoms in total. The molecule has 0 aromatic heterocycles. The van der Waals surface area contributed by atoms with E-state index in [2.05, 4.69) is 0 Å². The Morgan fingerprint density at radius 2 is 0.857 bits per heavy atom. The van der Waals surface area contributed by atoms with E-state index < -0.39 is 67.0 Å². The van der Waals surface area contributed by atoms with E-state index in [0.29, 0.717) is 0 Å². The SMILES string of the molecule is FC(F)(F)C(F)(F)[C](F)([K])C(F)(F)F. The van der Waals surface area contributed by atoms with Crippen LogP contribution in [0.4, 0.5) is 39.5 Å². The molecular formula is C4F9K. The minimum absolute atomic E-state index is 2.42. The Morgan fingerprint density at radius 1 is 0.571 bits per heavy atom. The second kappa shape index (κ2) is 3.79. The van der Waals surface area contributed by atoms with Gasteiger partial charge < -0.3 is 0 Å². The molecule has 0 fully saturated rings. The molecular weight excluding hydrogens is 258 g/mol. The van der Waals surface area contributed by atoms with Crippen LogP contribution >= 0.6 is 0 Å². The van der Waals surface area contributed by atoms with E-state index in [1.807, 2.05) is 0 Å². The van der Waals surface area contributed by atoms with Crippen LogP contribution in [0.25, 0.3) is 0 Å². The Labute approximate surface area is 105 Å². The summed E-state index contributed by atoms with van der Waals surface area (Å²) in [6.45, 7) is 0. The first-order valence-corrected chi connectivity index (χ1v) is 4.51. The van der Waals surface area contributed by atoms with Crippen molar-refractivity contribution in [1.82, 2.24) is 0 Å². The van der Waals surface area contributed by atoms with Gasteiger partial charge in [-0.3, -0.25) is 0 Å². The van der Waals surface area contributed by atoms with Crippen LogP contribution in [0.1, 0.15) is 0 Å². The second-order valence-electron chi connectivity index (χ2n) is 2.57. The van der Waals surface area contributed by atoms with Gasteiger partial charge >= 0.3 is 107 Å². The first-order chi connectivity index (χ1) is 5.75. The molecule has 0 aliphatic heterocycles. The van der Waals surface area contributed by atoms with E-state index in [-0.39, 0.29) is 0 Å². The number of alkyl halides is 9. The van der Waals surface area contributed by atoms with Crippen molar-refractivity contribution in [2.24, 2.45) is 0 Å². The quantitative estimate of drug-likeness (QED) is 0.501. The zero-order valence-corrected chi connectivity index (χ0v) is 9.52. The molecule has 0 radical (unpaired) electrons. The number of hydrogen-bond acceptors (Lipinski definition) is 0. The first-order valence-electron chi connectivity index (χ1n) is 2.95. The summed E-state index contributed by atoms with van der Waals surface area (Å²) < 4.78 is 99.8. The van der Waals surface area contributed by atoms with Gasteiger partial charge in [-0.1, -0.05) is 0 Å². The summed E-state index contributed by atoms with van der Waals surface area (Å²) in [5.74, 6) is -6.39. The summed E-state index contributed by atoms with van der Waals surface area (Å²) in [5.41, 5.74) is 0. The number of halogens is 9. The Balaban J connectivity index is 5.30. The van der Waals surface area contributed by atoms with E-state index >= 15 is 0 Å². The standard InChI is InChI=1S/C4F9.K/c5-1(3(8,9)10)2(6,7)4(11,12)13;. The van der Waals surface area contributed by atoms with Crippen LogP contribution in [0.5, 0.6) is 0 Å². The maximum atomic E-state index is 12.4. The summed E-state index contributed by atoms with van der Waals surface area (Å²) in [5, 5.41) is 0. The molecule has 1 unspecified atom stereocenters. The maximum absolute atomic E-state index is 12.4. The van der Waals surface area contributed by atoms with Gasteiger partial charge in [-0.2, -0.15) is 0 Å². The first kappa shape index (κ1) is 15.0. The van der Waals surface area contributed by atoms with Crippen molar-refractivity contribution in [2.75, 3.05) is 0 Å². The monoisotopic (exact) mass is 258 g/mol. The molecule has 0 aromatic carbocycles. The molecule has 80 valence electrons. The summed E-state index contributed by atoms with van der Waals surface area (Å²) in [6.07, 6.45) is -12.8. The van der Waals surface area contributed by atoms with Crippen molar-refractivity contribution >= 4 is 49.0 Å². The molecule has 0 spiro atoms. The normalized spacial score (nSPS) is 19.4. The van der Waals surface area contributed by atoms with E-state index in [1.165, 1.54) is 0 Å². The van der Waals surface area contributed by atoms with Crippen molar-refractivity contribution in [1.29, 1.82) is 0 Å². The molecule has 0 heterocycles. The van der Waals surface area contributed by atoms with Gasteiger partial charge in [0.2, 0.25) is 0 Å². The van der Waals surface area contributed by atoms with Gasteiger partial charge in [0.25, 0.3) is 0 Å². The van der Waals surface area contributed by atoms with E-state index in [9.17, 15) is 39.5 Å². The number of hydrogen-bond donors (Lipinski definition) is 0. The Morgan fingerprint density at radius 3 is 0.929 bits per heavy atom. The second-order valence-corrected chi connectivity index (χ2v) is 4.72. The minimum atomic E-state index is -6.54. The number of rotatable bonds is 1. The third kappa shape index (κ3) is 2.39. The van der Waals surface area contributed by atoms with Crippen LogP contribution < -0.4 is 0 Å². The van der Waals surface area contributed by atoms with E-state index in [1.54, 1.807) is 0 Å². The van der Waals surface area contributed by atoms with E-state index in [4.69, 9.17) is 0 Å². The molecule has 0 aliphatic carbocycles. The molecule has 0 saturated carbocycles. The van der Waals surface area contributed by atoms with E-state index in [0.717, 1.165) is 0 Å². The van der Waals surface area contributed by atoms with Crippen LogP contribution in [0.3, 0.4) is 0 Å². The fourth-order valence-corrected chi connectivity index (χ4v) is 0.887. The van der Waals surface area contributed by atoms with Gasteiger partial charge in [-0.15, -0.1) is 0 Å². The zero-order valence-electron chi connectivity index (χ0n) is 6.40. The Bertz CT molecular complexity index is 186. The summed E-state index contributed by atoms with van der Waals surface area (Å²) >= 11 is -2.42. The summed E-state index contributed by atoms with van der Waals surface area (Å²) in [6, 6.07) is 0. The molecule has 0 N–H and O–H groups in total. The predicted octanol–water partition coefficient (Wildman–Crippen LogP) is 2.58. The topological polar surface area (TPSA) is 0 Å². The Kier molecular flexibility index (Phi) is 4.06. The fraction of sp³-hybridized carbons (Fsp3) is 1.00. The molecule has 1 atom stereocenters. The van der Waals surface area contributed by atoms with Crippen LogP contribution in [0.2, 0.25) is 0 Å². The molecule has 10 heteroatoms. The van der Waals surface area contributed by atoms with Crippen molar-refractivity contribution in [2.45, 2.75) is 18.0 Å². The average molecular weight is 258 g/mol. The third-order valence-electron chi connectivity index (χ3n) is 1.48. The van der Waals surface area contributed by atoms with Gasteiger partial charge in [0, 0.05) is 0 Å². The Hall–Kier alpha value is 1.01. The van der Waals surface area contributed by atoms with Crippen molar-refractivity contribution in [3.63, 3.8) is 0 Å². The molecule has 14 heavy (non-hydrogen) atoms. The molecule has 0 saturated heterocycles. The zero-order chi connectivity index (χ0) is 12.0. The van der Waals surface area contributed by atoms with Gasteiger partial charge in [0.05, 0.1) is 0 Å². The van der Waals surface area contributed by atoms with Gasteiger partial charge in [0.1, 0.15) is 0 Å². The van der Waals surface area contributed by atoms with Crippen LogP contribution in [0.15, 0.2) is 0 Å².